The summed E-state index contributed by atoms with van der Waals surface area (Å²) in [5, 5.41) is 0. The molecular weight excluding hydrogens is 385 g/mol. The number of halogens is 3. The molecule has 176 valence electrons. The average Bonchev–Trinajstić information content (AvgIpc) is 2.98. The quantitative estimate of drug-likeness (QED) is 0.409. The Kier molecular flexibility index (Phi) is 7.90. The number of rotatable bonds is 4. The van der Waals surface area contributed by atoms with Gasteiger partial charge in [-0.1, -0.05) is 27.7 Å². The summed E-state index contributed by atoms with van der Waals surface area (Å²) in [6.45, 7) is 9.87. The molecule has 4 aliphatic rings. The van der Waals surface area contributed by atoms with Crippen molar-refractivity contribution in [2.45, 2.75) is 98.1 Å². The standard InChI is InChI=1S/C24H39F3O.C2H6/c1-15-13-22-20-8-6-16-14-17(24(25,26)27)7-9-18(16)19(20)10-11-23(22,2)21(15)5-4-12-28-3;1-2/h15-22H,4-14H2,1-3H3;1-2H3/t15?,16?,17?,18-,19?,20?,21?,22?,23?;/m0./s1. The molecule has 4 heteroatoms. The number of alkyl halides is 3. The van der Waals surface area contributed by atoms with Crippen molar-refractivity contribution in [2.24, 2.45) is 52.8 Å². The lowest BCUT2D eigenvalue weighted by atomic mass is 9.49. The largest absolute Gasteiger partial charge is 0.391 e. The van der Waals surface area contributed by atoms with Gasteiger partial charge in [-0.05, 0) is 111 Å². The van der Waals surface area contributed by atoms with Crippen LogP contribution < -0.4 is 0 Å². The second-order valence-corrected chi connectivity index (χ2v) is 11.0. The molecule has 8 unspecified atom stereocenters. The van der Waals surface area contributed by atoms with Gasteiger partial charge in [0, 0.05) is 13.7 Å². The average molecular weight is 431 g/mol. The summed E-state index contributed by atoms with van der Waals surface area (Å²) in [6, 6.07) is 0. The molecule has 0 heterocycles. The first-order valence-electron chi connectivity index (χ1n) is 12.8. The van der Waals surface area contributed by atoms with E-state index in [1.807, 2.05) is 13.8 Å². The molecule has 0 aromatic carbocycles. The molecule has 0 aromatic heterocycles. The first-order valence-corrected chi connectivity index (χ1v) is 12.8. The molecule has 4 rings (SSSR count). The van der Waals surface area contributed by atoms with E-state index in [0.29, 0.717) is 36.0 Å². The predicted molar refractivity (Wildman–Crippen MR) is 117 cm³/mol. The fourth-order valence-electron chi connectivity index (χ4n) is 8.68. The van der Waals surface area contributed by atoms with Crippen LogP contribution in [0.15, 0.2) is 0 Å². The minimum Gasteiger partial charge on any atom is -0.385 e. The lowest BCUT2D eigenvalue weighted by Crippen LogP contribution is -2.49. The Morgan fingerprint density at radius 3 is 2.30 bits per heavy atom. The van der Waals surface area contributed by atoms with Crippen LogP contribution in [0.1, 0.15) is 91.9 Å². The van der Waals surface area contributed by atoms with Gasteiger partial charge in [-0.3, -0.25) is 0 Å². The van der Waals surface area contributed by atoms with Crippen LogP contribution in [0.3, 0.4) is 0 Å². The molecular formula is C26H45F3O. The van der Waals surface area contributed by atoms with Gasteiger partial charge in [0.15, 0.2) is 0 Å². The van der Waals surface area contributed by atoms with Crippen LogP contribution in [-0.2, 0) is 4.74 Å². The fourth-order valence-corrected chi connectivity index (χ4v) is 8.68. The first kappa shape index (κ1) is 24.4. The van der Waals surface area contributed by atoms with Crippen LogP contribution in [0.25, 0.3) is 0 Å². The molecule has 0 saturated heterocycles. The predicted octanol–water partition coefficient (Wildman–Crippen LogP) is 8.13. The third kappa shape index (κ3) is 4.46. The van der Waals surface area contributed by atoms with E-state index in [1.165, 1.54) is 32.1 Å². The molecule has 9 atom stereocenters. The maximum absolute atomic E-state index is 13.3. The number of methoxy groups -OCH3 is 1. The van der Waals surface area contributed by atoms with Crippen molar-refractivity contribution in [1.82, 2.24) is 0 Å². The molecule has 0 N–H and O–H groups in total. The second kappa shape index (κ2) is 9.71. The number of hydrogen-bond acceptors (Lipinski definition) is 1. The Hall–Kier alpha value is -0.250. The Bertz CT molecular complexity index is 547. The monoisotopic (exact) mass is 430 g/mol. The molecule has 0 amide bonds. The molecule has 0 radical (unpaired) electrons. The van der Waals surface area contributed by atoms with E-state index in [4.69, 9.17) is 4.74 Å². The van der Waals surface area contributed by atoms with E-state index in [2.05, 4.69) is 13.8 Å². The number of fused-ring (bicyclic) bond motifs is 5. The molecule has 0 spiro atoms. The smallest absolute Gasteiger partial charge is 0.385 e. The highest BCUT2D eigenvalue weighted by Gasteiger charge is 2.59. The molecule has 4 aliphatic carbocycles. The normalized spacial score (nSPS) is 45.6. The van der Waals surface area contributed by atoms with Gasteiger partial charge in [0.1, 0.15) is 0 Å². The van der Waals surface area contributed by atoms with E-state index in [-0.39, 0.29) is 0 Å². The highest BCUT2D eigenvalue weighted by atomic mass is 19.4. The van der Waals surface area contributed by atoms with E-state index in [0.717, 1.165) is 49.5 Å². The molecule has 4 fully saturated rings. The van der Waals surface area contributed by atoms with Crippen LogP contribution in [0.5, 0.6) is 0 Å². The van der Waals surface area contributed by atoms with Crippen molar-refractivity contribution in [3.05, 3.63) is 0 Å². The van der Waals surface area contributed by atoms with E-state index >= 15 is 0 Å². The van der Waals surface area contributed by atoms with Crippen molar-refractivity contribution in [3.8, 4) is 0 Å². The van der Waals surface area contributed by atoms with Gasteiger partial charge >= 0.3 is 6.18 Å². The number of hydrogen-bond donors (Lipinski definition) is 0. The Labute approximate surface area is 182 Å². The molecule has 0 aromatic rings. The lowest BCUT2D eigenvalue weighted by Gasteiger charge is -2.56. The summed E-state index contributed by atoms with van der Waals surface area (Å²) in [6.07, 6.45) is 6.22. The summed E-state index contributed by atoms with van der Waals surface area (Å²) in [7, 11) is 1.79. The topological polar surface area (TPSA) is 9.23 Å². The second-order valence-electron chi connectivity index (χ2n) is 11.0. The van der Waals surface area contributed by atoms with Crippen molar-refractivity contribution in [1.29, 1.82) is 0 Å². The minimum atomic E-state index is -3.98. The maximum atomic E-state index is 13.3. The third-order valence-electron chi connectivity index (χ3n) is 9.88. The van der Waals surface area contributed by atoms with Gasteiger partial charge in [-0.15, -0.1) is 0 Å². The minimum absolute atomic E-state index is 0.335. The zero-order valence-electron chi connectivity index (χ0n) is 19.9. The zero-order valence-corrected chi connectivity index (χ0v) is 19.9. The van der Waals surface area contributed by atoms with Crippen LogP contribution in [0.2, 0.25) is 0 Å². The van der Waals surface area contributed by atoms with Gasteiger partial charge in [-0.2, -0.15) is 13.2 Å². The summed E-state index contributed by atoms with van der Waals surface area (Å²) in [5.74, 6) is 3.74. The Balaban J connectivity index is 0.00000124. The summed E-state index contributed by atoms with van der Waals surface area (Å²) in [4.78, 5) is 0. The van der Waals surface area contributed by atoms with Crippen LogP contribution in [-0.4, -0.2) is 19.9 Å². The Morgan fingerprint density at radius 1 is 0.933 bits per heavy atom. The highest BCUT2D eigenvalue weighted by molar-refractivity contribution is 5.07. The first-order chi connectivity index (χ1) is 14.3. The zero-order chi connectivity index (χ0) is 22.1. The van der Waals surface area contributed by atoms with Gasteiger partial charge in [-0.25, -0.2) is 0 Å². The van der Waals surface area contributed by atoms with Crippen molar-refractivity contribution in [2.75, 3.05) is 13.7 Å². The Morgan fingerprint density at radius 2 is 1.63 bits per heavy atom. The van der Waals surface area contributed by atoms with Crippen molar-refractivity contribution < 1.29 is 17.9 Å². The molecule has 1 nitrogen and oxygen atoms in total. The summed E-state index contributed by atoms with van der Waals surface area (Å²) in [5.41, 5.74) is 0.449. The van der Waals surface area contributed by atoms with Gasteiger partial charge in [0.25, 0.3) is 0 Å². The van der Waals surface area contributed by atoms with Crippen LogP contribution in [0, 0.1) is 52.8 Å². The molecule has 30 heavy (non-hydrogen) atoms. The highest BCUT2D eigenvalue weighted by Crippen LogP contribution is 2.66. The summed E-state index contributed by atoms with van der Waals surface area (Å²) < 4.78 is 45.1. The molecule has 4 saturated carbocycles. The van der Waals surface area contributed by atoms with Crippen molar-refractivity contribution >= 4 is 0 Å². The van der Waals surface area contributed by atoms with Crippen LogP contribution in [0.4, 0.5) is 13.2 Å². The van der Waals surface area contributed by atoms with E-state index in [1.54, 1.807) is 7.11 Å². The molecule has 0 bridgehead atoms. The maximum Gasteiger partial charge on any atom is 0.391 e. The SMILES string of the molecule is CC.COCCCC1C(C)CC2C3CCC4CC(C(F)(F)F)CC[C@@H]4C3CCC12C. The summed E-state index contributed by atoms with van der Waals surface area (Å²) >= 11 is 0. The van der Waals surface area contributed by atoms with Gasteiger partial charge < -0.3 is 4.74 Å². The fraction of sp³-hybridized carbons (Fsp3) is 1.00. The number of ether oxygens (including phenoxy) is 1. The van der Waals surface area contributed by atoms with E-state index < -0.39 is 12.1 Å². The van der Waals surface area contributed by atoms with Crippen LogP contribution >= 0.6 is 0 Å². The third-order valence-corrected chi connectivity index (χ3v) is 9.88. The van der Waals surface area contributed by atoms with Gasteiger partial charge in [0.2, 0.25) is 0 Å². The molecule has 0 aliphatic heterocycles. The van der Waals surface area contributed by atoms with Crippen molar-refractivity contribution in [3.63, 3.8) is 0 Å². The van der Waals surface area contributed by atoms with Gasteiger partial charge in [0.05, 0.1) is 5.92 Å². The lowest BCUT2D eigenvalue weighted by molar-refractivity contribution is -0.196. The van der Waals surface area contributed by atoms with E-state index in [9.17, 15) is 13.2 Å².